The molecule has 0 aliphatic rings. The van der Waals surface area contributed by atoms with E-state index in [2.05, 4.69) is 22.5 Å². The number of likely N-dealkylation sites (N-methyl/N-ethyl adjacent to an activating group) is 1. The van der Waals surface area contributed by atoms with E-state index in [0.717, 1.165) is 24.3 Å². The molecule has 0 bridgehead atoms. The van der Waals surface area contributed by atoms with Crippen LogP contribution in [0.25, 0.3) is 0 Å². The van der Waals surface area contributed by atoms with Gasteiger partial charge in [0.15, 0.2) is 0 Å². The molecule has 0 spiro atoms. The molecule has 0 fully saturated rings. The Kier molecular flexibility index (Phi) is 5.00. The van der Waals surface area contributed by atoms with E-state index in [9.17, 15) is 0 Å². The normalized spacial score (nSPS) is 12.6. The van der Waals surface area contributed by atoms with Crippen molar-refractivity contribution in [2.75, 3.05) is 7.05 Å². The summed E-state index contributed by atoms with van der Waals surface area (Å²) in [4.78, 5) is 0. The highest BCUT2D eigenvalue weighted by molar-refractivity contribution is 6.31. The molecule has 4 heteroatoms. The van der Waals surface area contributed by atoms with E-state index >= 15 is 0 Å². The molecule has 2 aromatic rings. The Morgan fingerprint density at radius 1 is 1.32 bits per heavy atom. The number of aryl methyl sites for hydroxylation is 2. The molecule has 1 atom stereocenters. The SMILES string of the molecule is CNC(CCc1ccnn1C)Cc1ccccc1Cl. The van der Waals surface area contributed by atoms with Gasteiger partial charge in [0.2, 0.25) is 0 Å². The molecule has 0 radical (unpaired) electrons. The molecular formula is C15H20ClN3. The van der Waals surface area contributed by atoms with Crippen molar-refractivity contribution in [1.82, 2.24) is 15.1 Å². The number of halogens is 1. The fraction of sp³-hybridized carbons (Fsp3) is 0.400. The Balaban J connectivity index is 1.94. The molecular weight excluding hydrogens is 258 g/mol. The standard InChI is InChI=1S/C15H20ClN3/c1-17-13(7-8-14-9-10-18-19(14)2)11-12-5-3-4-6-15(12)16/h3-6,9-10,13,17H,7-8,11H2,1-2H3. The van der Waals surface area contributed by atoms with Crippen molar-refractivity contribution >= 4 is 11.6 Å². The van der Waals surface area contributed by atoms with Gasteiger partial charge in [-0.1, -0.05) is 29.8 Å². The fourth-order valence-corrected chi connectivity index (χ4v) is 2.46. The van der Waals surface area contributed by atoms with Crippen molar-refractivity contribution in [2.45, 2.75) is 25.3 Å². The molecule has 0 amide bonds. The lowest BCUT2D eigenvalue weighted by molar-refractivity contribution is 0.510. The predicted octanol–water partition coefficient (Wildman–Crippen LogP) is 2.84. The van der Waals surface area contributed by atoms with Crippen molar-refractivity contribution in [1.29, 1.82) is 0 Å². The zero-order valence-electron chi connectivity index (χ0n) is 11.4. The van der Waals surface area contributed by atoms with Crippen molar-refractivity contribution in [3.05, 3.63) is 52.8 Å². The van der Waals surface area contributed by atoms with Gasteiger partial charge in [-0.05, 0) is 44.0 Å². The van der Waals surface area contributed by atoms with Gasteiger partial charge >= 0.3 is 0 Å². The average Bonchev–Trinajstić information content (AvgIpc) is 2.82. The largest absolute Gasteiger partial charge is 0.317 e. The average molecular weight is 278 g/mol. The van der Waals surface area contributed by atoms with E-state index < -0.39 is 0 Å². The topological polar surface area (TPSA) is 29.9 Å². The minimum atomic E-state index is 0.426. The molecule has 0 saturated carbocycles. The van der Waals surface area contributed by atoms with Crippen molar-refractivity contribution in [2.24, 2.45) is 7.05 Å². The molecule has 1 aromatic carbocycles. The number of nitrogens with one attached hydrogen (secondary N) is 1. The summed E-state index contributed by atoms with van der Waals surface area (Å²) in [6.07, 6.45) is 4.89. The molecule has 2 rings (SSSR count). The van der Waals surface area contributed by atoms with Crippen LogP contribution in [0.15, 0.2) is 36.5 Å². The van der Waals surface area contributed by atoms with Gasteiger partial charge in [-0.15, -0.1) is 0 Å². The maximum absolute atomic E-state index is 6.21. The Morgan fingerprint density at radius 3 is 2.74 bits per heavy atom. The van der Waals surface area contributed by atoms with E-state index in [0.29, 0.717) is 6.04 Å². The van der Waals surface area contributed by atoms with Crippen LogP contribution < -0.4 is 5.32 Å². The maximum Gasteiger partial charge on any atom is 0.0492 e. The molecule has 1 aromatic heterocycles. The van der Waals surface area contributed by atoms with Crippen molar-refractivity contribution in [3.63, 3.8) is 0 Å². The first-order valence-corrected chi connectivity index (χ1v) is 6.96. The second-order valence-corrected chi connectivity index (χ2v) is 5.17. The Labute approximate surface area is 119 Å². The number of hydrogen-bond donors (Lipinski definition) is 1. The van der Waals surface area contributed by atoms with Crippen LogP contribution in [0, 0.1) is 0 Å². The minimum absolute atomic E-state index is 0.426. The first-order valence-electron chi connectivity index (χ1n) is 6.58. The summed E-state index contributed by atoms with van der Waals surface area (Å²) in [5.74, 6) is 0. The number of aromatic nitrogens is 2. The van der Waals surface area contributed by atoms with Gasteiger partial charge in [-0.3, -0.25) is 4.68 Å². The van der Waals surface area contributed by atoms with Crippen LogP contribution in [-0.4, -0.2) is 22.9 Å². The summed E-state index contributed by atoms with van der Waals surface area (Å²) in [6.45, 7) is 0. The third-order valence-corrected chi connectivity index (χ3v) is 3.87. The van der Waals surface area contributed by atoms with Gasteiger partial charge in [0.1, 0.15) is 0 Å². The summed E-state index contributed by atoms with van der Waals surface area (Å²) < 4.78 is 1.93. The molecule has 0 saturated heterocycles. The second-order valence-electron chi connectivity index (χ2n) is 4.77. The van der Waals surface area contributed by atoms with Gasteiger partial charge in [-0.2, -0.15) is 5.10 Å². The van der Waals surface area contributed by atoms with Crippen LogP contribution >= 0.6 is 11.6 Å². The molecule has 1 N–H and O–H groups in total. The molecule has 19 heavy (non-hydrogen) atoms. The number of rotatable bonds is 6. The van der Waals surface area contributed by atoms with E-state index in [4.69, 9.17) is 11.6 Å². The van der Waals surface area contributed by atoms with Crippen LogP contribution in [0.3, 0.4) is 0 Å². The smallest absolute Gasteiger partial charge is 0.0492 e. The van der Waals surface area contributed by atoms with Crippen LogP contribution in [-0.2, 0) is 19.9 Å². The van der Waals surface area contributed by atoms with Crippen LogP contribution in [0.5, 0.6) is 0 Å². The Hall–Kier alpha value is -1.32. The molecule has 0 aliphatic carbocycles. The summed E-state index contributed by atoms with van der Waals surface area (Å²) in [6, 6.07) is 10.5. The van der Waals surface area contributed by atoms with Crippen LogP contribution in [0.4, 0.5) is 0 Å². The lowest BCUT2D eigenvalue weighted by atomic mass is 10.0. The minimum Gasteiger partial charge on any atom is -0.317 e. The summed E-state index contributed by atoms with van der Waals surface area (Å²) in [5.41, 5.74) is 2.47. The number of hydrogen-bond acceptors (Lipinski definition) is 2. The number of nitrogens with zero attached hydrogens (tertiary/aromatic N) is 2. The third-order valence-electron chi connectivity index (χ3n) is 3.50. The zero-order chi connectivity index (χ0) is 13.7. The molecule has 102 valence electrons. The van der Waals surface area contributed by atoms with E-state index in [1.165, 1.54) is 11.3 Å². The predicted molar refractivity (Wildman–Crippen MR) is 79.5 cm³/mol. The summed E-state index contributed by atoms with van der Waals surface area (Å²) in [5, 5.41) is 8.42. The van der Waals surface area contributed by atoms with Gasteiger partial charge in [0.05, 0.1) is 0 Å². The lowest BCUT2D eigenvalue weighted by Crippen LogP contribution is -2.28. The molecule has 0 aliphatic heterocycles. The monoisotopic (exact) mass is 277 g/mol. The first-order chi connectivity index (χ1) is 9.20. The van der Waals surface area contributed by atoms with Gasteiger partial charge in [-0.25, -0.2) is 0 Å². The lowest BCUT2D eigenvalue weighted by Gasteiger charge is -2.17. The maximum atomic E-state index is 6.21. The first kappa shape index (κ1) is 14.1. The second kappa shape index (κ2) is 6.73. The van der Waals surface area contributed by atoms with Crippen LogP contribution in [0.2, 0.25) is 5.02 Å². The summed E-state index contributed by atoms with van der Waals surface area (Å²) in [7, 11) is 3.99. The number of benzene rings is 1. The highest BCUT2D eigenvalue weighted by Crippen LogP contribution is 2.18. The van der Waals surface area contributed by atoms with E-state index in [1.807, 2.05) is 43.2 Å². The highest BCUT2D eigenvalue weighted by Gasteiger charge is 2.10. The molecule has 1 unspecified atom stereocenters. The van der Waals surface area contributed by atoms with E-state index in [-0.39, 0.29) is 0 Å². The Bertz CT molecular complexity index is 522. The van der Waals surface area contributed by atoms with E-state index in [1.54, 1.807) is 0 Å². The quantitative estimate of drug-likeness (QED) is 0.880. The van der Waals surface area contributed by atoms with Crippen LogP contribution in [0.1, 0.15) is 17.7 Å². The molecule has 1 heterocycles. The fourth-order valence-electron chi connectivity index (χ4n) is 2.25. The molecule has 3 nitrogen and oxygen atoms in total. The van der Waals surface area contributed by atoms with Gasteiger partial charge in [0, 0.05) is 30.0 Å². The Morgan fingerprint density at radius 2 is 2.11 bits per heavy atom. The van der Waals surface area contributed by atoms with Gasteiger partial charge in [0.25, 0.3) is 0 Å². The zero-order valence-corrected chi connectivity index (χ0v) is 12.2. The van der Waals surface area contributed by atoms with Gasteiger partial charge < -0.3 is 5.32 Å². The highest BCUT2D eigenvalue weighted by atomic mass is 35.5. The van der Waals surface area contributed by atoms with Crippen molar-refractivity contribution in [3.8, 4) is 0 Å². The third kappa shape index (κ3) is 3.82. The summed E-state index contributed by atoms with van der Waals surface area (Å²) >= 11 is 6.21. The van der Waals surface area contributed by atoms with Crippen molar-refractivity contribution < 1.29 is 0 Å².